The van der Waals surface area contributed by atoms with E-state index in [-0.39, 0.29) is 11.4 Å². The first kappa shape index (κ1) is 13.9. The topological polar surface area (TPSA) is 26.3 Å². The van der Waals surface area contributed by atoms with E-state index in [1.165, 1.54) is 38.5 Å². The first-order chi connectivity index (χ1) is 8.74. The summed E-state index contributed by atoms with van der Waals surface area (Å²) in [7, 11) is 0. The smallest absolute Gasteiger partial charge is 0.312 e. The summed E-state index contributed by atoms with van der Waals surface area (Å²) in [5, 5.41) is 0. The quantitative estimate of drug-likeness (QED) is 0.681. The summed E-state index contributed by atoms with van der Waals surface area (Å²) in [5.74, 6) is 1.35. The Hall–Kier alpha value is -0.530. The van der Waals surface area contributed by atoms with Crippen LogP contribution < -0.4 is 0 Å². The maximum Gasteiger partial charge on any atom is 0.312 e. The third-order valence-corrected chi connectivity index (χ3v) is 5.34. The van der Waals surface area contributed by atoms with E-state index in [1.54, 1.807) is 0 Å². The van der Waals surface area contributed by atoms with Crippen LogP contribution in [0.3, 0.4) is 0 Å². The lowest BCUT2D eigenvalue weighted by Gasteiger charge is -2.37. The van der Waals surface area contributed by atoms with Crippen molar-refractivity contribution in [1.82, 2.24) is 0 Å². The van der Waals surface area contributed by atoms with Crippen molar-refractivity contribution in [3.05, 3.63) is 0 Å². The Labute approximate surface area is 111 Å². The van der Waals surface area contributed by atoms with Gasteiger partial charge >= 0.3 is 5.97 Å². The number of hydrogen-bond acceptors (Lipinski definition) is 2. The lowest BCUT2D eigenvalue weighted by molar-refractivity contribution is -0.147. The van der Waals surface area contributed by atoms with Gasteiger partial charge in [0.1, 0.15) is 0 Å². The molecule has 0 bridgehead atoms. The van der Waals surface area contributed by atoms with E-state index >= 15 is 0 Å². The molecule has 104 valence electrons. The van der Waals surface area contributed by atoms with Crippen molar-refractivity contribution in [3.8, 4) is 0 Å². The Bertz CT molecular complexity index is 281. The molecule has 2 rings (SSSR count). The lowest BCUT2D eigenvalue weighted by atomic mass is 9.64. The van der Waals surface area contributed by atoms with E-state index in [1.807, 2.05) is 0 Å². The zero-order valence-corrected chi connectivity index (χ0v) is 12.0. The SMILES string of the molecule is CCCCC1(CC)C(=O)OCC1C1CCCCC1. The molecule has 0 aromatic heterocycles. The molecule has 1 saturated heterocycles. The van der Waals surface area contributed by atoms with Crippen LogP contribution in [0.4, 0.5) is 0 Å². The summed E-state index contributed by atoms with van der Waals surface area (Å²) in [6.07, 6.45) is 11.0. The highest BCUT2D eigenvalue weighted by Gasteiger charge is 2.52. The molecule has 0 N–H and O–H groups in total. The van der Waals surface area contributed by atoms with Crippen LogP contribution in [-0.2, 0) is 9.53 Å². The van der Waals surface area contributed by atoms with Crippen LogP contribution in [0.25, 0.3) is 0 Å². The predicted molar refractivity (Wildman–Crippen MR) is 73.3 cm³/mol. The van der Waals surface area contributed by atoms with E-state index < -0.39 is 0 Å². The predicted octanol–water partition coefficient (Wildman–Crippen LogP) is 4.33. The average Bonchev–Trinajstić information content (AvgIpc) is 2.75. The van der Waals surface area contributed by atoms with Gasteiger partial charge in [-0.05, 0) is 18.8 Å². The van der Waals surface area contributed by atoms with E-state index in [2.05, 4.69) is 13.8 Å². The summed E-state index contributed by atoms with van der Waals surface area (Å²) in [4.78, 5) is 12.3. The fraction of sp³-hybridized carbons (Fsp3) is 0.938. The van der Waals surface area contributed by atoms with Crippen LogP contribution in [0.1, 0.15) is 71.6 Å². The molecule has 1 aliphatic heterocycles. The van der Waals surface area contributed by atoms with Gasteiger partial charge in [-0.15, -0.1) is 0 Å². The van der Waals surface area contributed by atoms with Crippen LogP contribution in [0.5, 0.6) is 0 Å². The van der Waals surface area contributed by atoms with Gasteiger partial charge in [0.15, 0.2) is 0 Å². The Kier molecular flexibility index (Phi) is 4.69. The Balaban J connectivity index is 2.13. The standard InChI is InChI=1S/C16H28O2/c1-3-5-11-16(4-2)14(12-18-15(16)17)13-9-7-6-8-10-13/h13-14H,3-12H2,1-2H3. The van der Waals surface area contributed by atoms with Gasteiger partial charge in [0.2, 0.25) is 0 Å². The molecule has 1 aliphatic carbocycles. The second-order valence-electron chi connectivity index (χ2n) is 6.22. The lowest BCUT2D eigenvalue weighted by Crippen LogP contribution is -2.37. The van der Waals surface area contributed by atoms with Crippen molar-refractivity contribution >= 4 is 5.97 Å². The third kappa shape index (κ3) is 2.44. The zero-order chi connectivity index (χ0) is 13.0. The number of esters is 1. The number of hydrogen-bond donors (Lipinski definition) is 0. The highest BCUT2D eigenvalue weighted by molar-refractivity contribution is 5.79. The van der Waals surface area contributed by atoms with Crippen molar-refractivity contribution < 1.29 is 9.53 Å². The third-order valence-electron chi connectivity index (χ3n) is 5.34. The van der Waals surface area contributed by atoms with Gasteiger partial charge in [0, 0.05) is 5.92 Å². The fourth-order valence-electron chi connectivity index (χ4n) is 4.11. The maximum atomic E-state index is 12.3. The van der Waals surface area contributed by atoms with Crippen molar-refractivity contribution in [2.45, 2.75) is 71.6 Å². The Morgan fingerprint density at radius 1 is 1.22 bits per heavy atom. The molecular formula is C16H28O2. The van der Waals surface area contributed by atoms with Gasteiger partial charge in [0.05, 0.1) is 12.0 Å². The minimum Gasteiger partial charge on any atom is -0.465 e. The van der Waals surface area contributed by atoms with E-state index in [9.17, 15) is 4.79 Å². The minimum absolute atomic E-state index is 0.106. The van der Waals surface area contributed by atoms with Gasteiger partial charge in [0.25, 0.3) is 0 Å². The summed E-state index contributed by atoms with van der Waals surface area (Å²) < 4.78 is 5.48. The van der Waals surface area contributed by atoms with E-state index in [0.717, 1.165) is 25.2 Å². The fourth-order valence-corrected chi connectivity index (χ4v) is 4.11. The molecule has 1 saturated carbocycles. The largest absolute Gasteiger partial charge is 0.465 e. The number of cyclic esters (lactones) is 1. The minimum atomic E-state index is -0.141. The molecule has 0 aromatic carbocycles. The second kappa shape index (κ2) is 6.08. The molecule has 2 unspecified atom stereocenters. The summed E-state index contributed by atoms with van der Waals surface area (Å²) in [6.45, 7) is 5.08. The van der Waals surface area contributed by atoms with Gasteiger partial charge in [-0.25, -0.2) is 0 Å². The van der Waals surface area contributed by atoms with Gasteiger partial charge in [-0.2, -0.15) is 0 Å². The number of rotatable bonds is 5. The normalized spacial score (nSPS) is 33.7. The Morgan fingerprint density at radius 3 is 2.56 bits per heavy atom. The van der Waals surface area contributed by atoms with Gasteiger partial charge < -0.3 is 4.74 Å². The van der Waals surface area contributed by atoms with E-state index in [0.29, 0.717) is 12.5 Å². The molecule has 2 atom stereocenters. The van der Waals surface area contributed by atoms with Crippen molar-refractivity contribution in [1.29, 1.82) is 0 Å². The molecule has 2 heteroatoms. The molecule has 1 heterocycles. The number of carbonyl (C=O) groups is 1. The van der Waals surface area contributed by atoms with Gasteiger partial charge in [-0.1, -0.05) is 58.8 Å². The Morgan fingerprint density at radius 2 is 1.94 bits per heavy atom. The number of unbranched alkanes of at least 4 members (excludes halogenated alkanes) is 1. The number of ether oxygens (including phenoxy) is 1. The highest BCUT2D eigenvalue weighted by Crippen LogP contribution is 2.49. The molecule has 0 aromatic rings. The van der Waals surface area contributed by atoms with Crippen LogP contribution in [0.15, 0.2) is 0 Å². The molecule has 2 nitrogen and oxygen atoms in total. The number of carbonyl (C=O) groups excluding carboxylic acids is 1. The molecule has 0 amide bonds. The van der Waals surface area contributed by atoms with Crippen LogP contribution in [0.2, 0.25) is 0 Å². The molecular weight excluding hydrogens is 224 g/mol. The maximum absolute atomic E-state index is 12.3. The molecule has 2 aliphatic rings. The molecule has 0 radical (unpaired) electrons. The molecule has 18 heavy (non-hydrogen) atoms. The summed E-state index contributed by atoms with van der Waals surface area (Å²) in [6, 6.07) is 0. The molecule has 0 spiro atoms. The first-order valence-corrected chi connectivity index (χ1v) is 7.91. The van der Waals surface area contributed by atoms with Crippen molar-refractivity contribution in [2.75, 3.05) is 6.61 Å². The second-order valence-corrected chi connectivity index (χ2v) is 6.22. The molecule has 2 fully saturated rings. The highest BCUT2D eigenvalue weighted by atomic mass is 16.5. The zero-order valence-electron chi connectivity index (χ0n) is 12.0. The van der Waals surface area contributed by atoms with Crippen molar-refractivity contribution in [2.24, 2.45) is 17.3 Å². The van der Waals surface area contributed by atoms with E-state index in [4.69, 9.17) is 4.74 Å². The average molecular weight is 252 g/mol. The van der Waals surface area contributed by atoms with Crippen LogP contribution >= 0.6 is 0 Å². The monoisotopic (exact) mass is 252 g/mol. The van der Waals surface area contributed by atoms with Crippen LogP contribution in [0, 0.1) is 17.3 Å². The summed E-state index contributed by atoms with van der Waals surface area (Å²) >= 11 is 0. The van der Waals surface area contributed by atoms with Crippen LogP contribution in [-0.4, -0.2) is 12.6 Å². The first-order valence-electron chi connectivity index (χ1n) is 7.91. The van der Waals surface area contributed by atoms with Crippen molar-refractivity contribution in [3.63, 3.8) is 0 Å². The summed E-state index contributed by atoms with van der Waals surface area (Å²) in [5.41, 5.74) is -0.141. The van der Waals surface area contributed by atoms with Gasteiger partial charge in [-0.3, -0.25) is 4.79 Å².